The van der Waals surface area contributed by atoms with Crippen LogP contribution in [0.3, 0.4) is 0 Å². The van der Waals surface area contributed by atoms with Gasteiger partial charge in [0.25, 0.3) is 0 Å². The number of hydrogen-bond acceptors (Lipinski definition) is 1. The van der Waals surface area contributed by atoms with Gasteiger partial charge in [-0.05, 0) is 255 Å². The molecule has 4 heteroatoms. The zero-order chi connectivity index (χ0) is 48.9. The number of nitrogens with one attached hydrogen (secondary N) is 1. The number of carbonyl (C=O) groups is 1. The second-order valence-electron chi connectivity index (χ2n) is 30.2. The van der Waals surface area contributed by atoms with E-state index in [1.807, 2.05) is 0 Å². The fraction of sp³-hybridized carbons (Fsp3) is 0.984. The molecule has 0 atom stereocenters. The van der Waals surface area contributed by atoms with Gasteiger partial charge in [-0.2, -0.15) is 0 Å². The molecule has 0 radical (unpaired) electrons. The molecule has 1 amide bonds. The van der Waals surface area contributed by atoms with Crippen molar-refractivity contribution in [1.29, 1.82) is 0 Å². The van der Waals surface area contributed by atoms with Gasteiger partial charge in [0.15, 0.2) is 8.24 Å². The zero-order valence-corrected chi connectivity index (χ0v) is 50.0. The molecule has 384 valence electrons. The molecule has 0 heterocycles. The Hall–Kier alpha value is -0.0962. The first-order valence-electron chi connectivity index (χ1n) is 30.0. The summed E-state index contributed by atoms with van der Waals surface area (Å²) in [6.45, 7) is 47.3. The Bertz CT molecular complexity index is 1260. The molecule has 6 saturated carbocycles. The fourth-order valence-electron chi connectivity index (χ4n) is 20.0. The van der Waals surface area contributed by atoms with E-state index in [1.54, 1.807) is 0 Å². The van der Waals surface area contributed by atoms with Crippen molar-refractivity contribution >= 4 is 22.2 Å². The maximum Gasteiger partial charge on any atom is 0.209 e. The topological polar surface area (TPSA) is 29.1 Å². The van der Waals surface area contributed by atoms with E-state index >= 15 is 4.79 Å². The summed E-state index contributed by atoms with van der Waals surface area (Å²) in [6, 6.07) is 0.927. The lowest BCUT2D eigenvalue weighted by Crippen LogP contribution is -2.75. The van der Waals surface area contributed by atoms with Crippen LogP contribution in [0.4, 0.5) is 0 Å². The minimum absolute atomic E-state index is 0.217. The van der Waals surface area contributed by atoms with Crippen LogP contribution in [0.15, 0.2) is 0 Å². The summed E-state index contributed by atoms with van der Waals surface area (Å²) < 4.78 is 0. The average molecular weight is 949 g/mol. The molecule has 0 aromatic carbocycles. The molecule has 66 heavy (non-hydrogen) atoms. The van der Waals surface area contributed by atoms with Gasteiger partial charge in [-0.25, -0.2) is 0 Å². The van der Waals surface area contributed by atoms with E-state index in [-0.39, 0.29) is 30.2 Å². The third-order valence-corrected chi connectivity index (χ3v) is 41.1. The highest BCUT2D eigenvalue weighted by atomic mass is 28.3. The summed E-state index contributed by atoms with van der Waals surface area (Å²) in [6.07, 6.45) is 32.8. The normalized spacial score (nSPS) is 42.8. The van der Waals surface area contributed by atoms with Crippen molar-refractivity contribution in [2.75, 3.05) is 0 Å². The summed E-state index contributed by atoms with van der Waals surface area (Å²) in [7, 11) is -5.21. The van der Waals surface area contributed by atoms with Gasteiger partial charge in [0, 0.05) is 6.04 Å². The van der Waals surface area contributed by atoms with Crippen LogP contribution >= 0.6 is 0 Å². The summed E-state index contributed by atoms with van der Waals surface area (Å²) in [4.78, 5) is 22.0. The minimum atomic E-state index is -2.70. The van der Waals surface area contributed by atoms with Gasteiger partial charge in [0.1, 0.15) is 0 Å². The quantitative estimate of drug-likeness (QED) is 0.163. The third-order valence-electron chi connectivity index (χ3n) is 25.0. The molecule has 0 aromatic rings. The maximum absolute atomic E-state index is 17.2. The summed E-state index contributed by atoms with van der Waals surface area (Å²) in [5, 5.41) is 1.52. The monoisotopic (exact) mass is 948 g/mol. The van der Waals surface area contributed by atoms with Gasteiger partial charge in [-0.1, -0.05) is 125 Å². The van der Waals surface area contributed by atoms with Crippen LogP contribution in [0.1, 0.15) is 279 Å². The molecule has 6 rings (SSSR count). The highest BCUT2D eigenvalue weighted by Gasteiger charge is 2.73. The third kappa shape index (κ3) is 9.89. The van der Waals surface area contributed by atoms with E-state index in [9.17, 15) is 0 Å². The Morgan fingerprint density at radius 3 is 0.682 bits per heavy atom. The highest BCUT2D eigenvalue weighted by Crippen LogP contribution is 2.77. The number of carbonyl (C=O) groups excluding carboxylic acids is 1. The van der Waals surface area contributed by atoms with E-state index in [0.29, 0.717) is 5.91 Å². The predicted octanol–water partition coefficient (Wildman–Crippen LogP) is 20.1. The molecule has 0 bridgehead atoms. The lowest BCUT2D eigenvalue weighted by atomic mass is 9.75. The van der Waals surface area contributed by atoms with Gasteiger partial charge in [-0.3, -0.25) is 4.79 Å². The lowest BCUT2D eigenvalue weighted by Gasteiger charge is -2.70. The summed E-state index contributed by atoms with van der Waals surface area (Å²) in [5.41, 5.74) is 0. The van der Waals surface area contributed by atoms with Crippen molar-refractivity contribution < 1.29 is 4.79 Å². The van der Waals surface area contributed by atoms with Crippen molar-refractivity contribution in [1.82, 2.24) is 4.98 Å². The second-order valence-corrected chi connectivity index (χ2v) is 41.4. The maximum atomic E-state index is 17.2. The molecule has 6 fully saturated rings. The van der Waals surface area contributed by atoms with Gasteiger partial charge < -0.3 is 4.98 Å². The Morgan fingerprint density at radius 1 is 0.348 bits per heavy atom. The number of rotatable bonds is 15. The van der Waals surface area contributed by atoms with Gasteiger partial charge in [0.2, 0.25) is 5.91 Å². The van der Waals surface area contributed by atoms with Crippen molar-refractivity contribution in [3.05, 3.63) is 0 Å². The minimum Gasteiger partial charge on any atom is -0.380 e. The zero-order valence-electron chi connectivity index (χ0n) is 48.0. The molecule has 0 saturated heterocycles. The Morgan fingerprint density at radius 2 is 0.515 bits per heavy atom. The van der Waals surface area contributed by atoms with E-state index in [0.717, 1.165) is 77.1 Å². The van der Waals surface area contributed by atoms with Crippen LogP contribution in [-0.2, 0) is 4.79 Å². The van der Waals surface area contributed by atoms with Crippen LogP contribution in [-0.4, -0.2) is 22.2 Å². The Kier molecular flexibility index (Phi) is 17.4. The van der Waals surface area contributed by atoms with Crippen molar-refractivity contribution in [3.8, 4) is 0 Å². The van der Waals surface area contributed by atoms with Crippen LogP contribution in [0.25, 0.3) is 0 Å². The summed E-state index contributed by atoms with van der Waals surface area (Å²) >= 11 is 0. The van der Waals surface area contributed by atoms with Crippen LogP contribution in [0.2, 0.25) is 36.3 Å². The SMILES string of the molecule is CC(C)C1CCC(C)([Si](CC(=O)N[Si](C2(C)CCC(C(C)C)CC2)(C2(C)CCC(C(C)C)CC2)C2(C)CCC(C(C)C)CC2)(C2(C)CCC(C(C)C)CC2)C2(C)CCC(C(C)C)CC2)CC1. The Labute approximate surface area is 416 Å². The van der Waals surface area contributed by atoms with Crippen LogP contribution in [0.5, 0.6) is 0 Å². The first kappa shape index (κ1) is 55.2. The van der Waals surface area contributed by atoms with E-state index in [2.05, 4.69) is 125 Å². The van der Waals surface area contributed by atoms with E-state index in [4.69, 9.17) is 4.98 Å². The van der Waals surface area contributed by atoms with Crippen molar-refractivity contribution in [2.24, 2.45) is 71.0 Å². The first-order valence-corrected chi connectivity index (χ1v) is 34.2. The Balaban J connectivity index is 1.56. The van der Waals surface area contributed by atoms with Crippen molar-refractivity contribution in [3.63, 3.8) is 0 Å². The van der Waals surface area contributed by atoms with Gasteiger partial charge in [0.05, 0.1) is 8.07 Å². The molecule has 0 aliphatic heterocycles. The molecule has 2 nitrogen and oxygen atoms in total. The average Bonchev–Trinajstić information content (AvgIpc) is 3.25. The molecule has 0 unspecified atom stereocenters. The molecular formula is C62H117NOSi2. The van der Waals surface area contributed by atoms with Gasteiger partial charge >= 0.3 is 0 Å². The smallest absolute Gasteiger partial charge is 0.209 e. The standard InChI is InChI=1S/C62H117NOSi2/c1-44(2)50-19-31-57(13,32-20-50)65(58(14)33-21-51(22-34-58)45(3)4,59(15)35-23-52(24-36-59)46(5)6)43-56(64)63-66(60(16)37-25-53(26-38-60)47(7)8,61(17)39-27-54(28-40-61)48(9)10)62(18)41-29-55(30-42-62)49(11)12/h44-55H,19-43H2,1-18H3,(H,63,64). The van der Waals surface area contributed by atoms with Crippen molar-refractivity contribution in [2.45, 2.75) is 315 Å². The van der Waals surface area contributed by atoms with Crippen LogP contribution < -0.4 is 4.98 Å². The molecule has 6 aliphatic carbocycles. The number of amides is 1. The van der Waals surface area contributed by atoms with E-state index in [1.165, 1.54) is 154 Å². The number of hydrogen-bond donors (Lipinski definition) is 1. The largest absolute Gasteiger partial charge is 0.380 e. The molecule has 6 aliphatic rings. The van der Waals surface area contributed by atoms with E-state index < -0.39 is 16.3 Å². The molecule has 0 spiro atoms. The molecule has 0 aromatic heterocycles. The molecular weight excluding hydrogens is 831 g/mol. The fourth-order valence-corrected chi connectivity index (χ4v) is 38.8. The first-order chi connectivity index (χ1) is 30.7. The van der Waals surface area contributed by atoms with Crippen LogP contribution in [0, 0.1) is 71.0 Å². The highest BCUT2D eigenvalue weighted by molar-refractivity contribution is 6.92. The lowest BCUT2D eigenvalue weighted by molar-refractivity contribution is -0.118. The second kappa shape index (κ2) is 20.8. The van der Waals surface area contributed by atoms with Gasteiger partial charge in [-0.15, -0.1) is 0 Å². The predicted molar refractivity (Wildman–Crippen MR) is 295 cm³/mol. The molecule has 1 N–H and O–H groups in total. The summed E-state index contributed by atoms with van der Waals surface area (Å²) in [5.74, 6) is 10.2.